The van der Waals surface area contributed by atoms with E-state index in [9.17, 15) is 14.9 Å². The average molecular weight is 410 g/mol. The quantitative estimate of drug-likeness (QED) is 0.565. The van der Waals surface area contributed by atoms with Gasteiger partial charge in [-0.25, -0.2) is 9.97 Å². The molecule has 0 aliphatic carbocycles. The van der Waals surface area contributed by atoms with Crippen molar-refractivity contribution in [2.45, 2.75) is 26.2 Å². The maximum Gasteiger partial charge on any atom is 0.269 e. The highest BCUT2D eigenvalue weighted by atomic mass is 16.6. The number of aromatic nitrogens is 2. The van der Waals surface area contributed by atoms with Crippen molar-refractivity contribution < 1.29 is 9.72 Å². The molecule has 0 radical (unpaired) electrons. The SMILES string of the molecule is Cc1nc(N2CCCCC2)cc(N2CCN(C(=O)c3ccc([N+](=O)[O-])cc3)CC2)n1. The average Bonchev–Trinajstić information content (AvgIpc) is 2.79. The number of rotatable bonds is 4. The van der Waals surface area contributed by atoms with Crippen molar-refractivity contribution in [3.05, 3.63) is 51.8 Å². The van der Waals surface area contributed by atoms with Crippen LogP contribution >= 0.6 is 0 Å². The summed E-state index contributed by atoms with van der Waals surface area (Å²) in [5.74, 6) is 2.56. The Kier molecular flexibility index (Phi) is 5.78. The lowest BCUT2D eigenvalue weighted by Crippen LogP contribution is -2.49. The molecule has 2 aromatic rings. The van der Waals surface area contributed by atoms with Gasteiger partial charge in [-0.1, -0.05) is 0 Å². The zero-order chi connectivity index (χ0) is 21.1. The lowest BCUT2D eigenvalue weighted by Gasteiger charge is -2.36. The molecule has 2 aliphatic heterocycles. The van der Waals surface area contributed by atoms with E-state index in [-0.39, 0.29) is 11.6 Å². The zero-order valence-corrected chi connectivity index (χ0v) is 17.2. The third-order valence-electron chi connectivity index (χ3n) is 5.71. The number of anilines is 2. The van der Waals surface area contributed by atoms with Gasteiger partial charge in [0, 0.05) is 63.0 Å². The van der Waals surface area contributed by atoms with Gasteiger partial charge in [0.2, 0.25) is 0 Å². The molecule has 2 fully saturated rings. The number of amides is 1. The first-order chi connectivity index (χ1) is 14.5. The predicted molar refractivity (Wildman–Crippen MR) is 114 cm³/mol. The molecule has 1 aromatic heterocycles. The van der Waals surface area contributed by atoms with E-state index >= 15 is 0 Å². The summed E-state index contributed by atoms with van der Waals surface area (Å²) in [4.78, 5) is 38.6. The van der Waals surface area contributed by atoms with Crippen molar-refractivity contribution in [1.29, 1.82) is 0 Å². The molecule has 0 unspecified atom stereocenters. The van der Waals surface area contributed by atoms with E-state index in [0.717, 1.165) is 30.5 Å². The van der Waals surface area contributed by atoms with Crippen molar-refractivity contribution in [2.24, 2.45) is 0 Å². The highest BCUT2D eigenvalue weighted by Gasteiger charge is 2.24. The second-order valence-corrected chi connectivity index (χ2v) is 7.76. The van der Waals surface area contributed by atoms with Gasteiger partial charge < -0.3 is 14.7 Å². The molecule has 0 saturated carbocycles. The molecule has 0 atom stereocenters. The lowest BCUT2D eigenvalue weighted by atomic mass is 10.1. The van der Waals surface area contributed by atoms with Gasteiger partial charge in [0.1, 0.15) is 17.5 Å². The van der Waals surface area contributed by atoms with Crippen LogP contribution in [0.4, 0.5) is 17.3 Å². The number of non-ortho nitro benzene ring substituents is 1. The summed E-state index contributed by atoms with van der Waals surface area (Å²) in [7, 11) is 0. The molecule has 3 heterocycles. The molecule has 2 aliphatic rings. The molecule has 4 rings (SSSR count). The van der Waals surface area contributed by atoms with Crippen LogP contribution < -0.4 is 9.80 Å². The number of hydrogen-bond donors (Lipinski definition) is 0. The van der Waals surface area contributed by atoms with Gasteiger partial charge in [-0.15, -0.1) is 0 Å². The van der Waals surface area contributed by atoms with E-state index in [1.54, 1.807) is 4.90 Å². The Morgan fingerprint density at radius 3 is 2.03 bits per heavy atom. The van der Waals surface area contributed by atoms with Crippen LogP contribution in [-0.2, 0) is 0 Å². The van der Waals surface area contributed by atoms with Gasteiger partial charge in [-0.2, -0.15) is 0 Å². The largest absolute Gasteiger partial charge is 0.356 e. The van der Waals surface area contributed by atoms with Crippen molar-refractivity contribution >= 4 is 23.2 Å². The topological polar surface area (TPSA) is 95.7 Å². The number of hydrogen-bond acceptors (Lipinski definition) is 7. The van der Waals surface area contributed by atoms with Crippen LogP contribution in [0.5, 0.6) is 0 Å². The van der Waals surface area contributed by atoms with Crippen LogP contribution in [0.3, 0.4) is 0 Å². The number of carbonyl (C=O) groups excluding carboxylic acids is 1. The maximum absolute atomic E-state index is 12.7. The summed E-state index contributed by atoms with van der Waals surface area (Å²) in [6, 6.07) is 7.84. The molecular formula is C21H26N6O3. The van der Waals surface area contributed by atoms with E-state index in [1.165, 1.54) is 43.5 Å². The van der Waals surface area contributed by atoms with Crippen LogP contribution in [0.25, 0.3) is 0 Å². The molecule has 9 nitrogen and oxygen atoms in total. The summed E-state index contributed by atoms with van der Waals surface area (Å²) >= 11 is 0. The standard InChI is InChI=1S/C21H26N6O3/c1-16-22-19(24-9-3-2-4-10-24)15-20(23-16)25-11-13-26(14-12-25)21(28)17-5-7-18(8-6-17)27(29)30/h5-8,15H,2-4,9-14H2,1H3. The molecule has 9 heteroatoms. The van der Waals surface area contributed by atoms with Crippen molar-refractivity contribution in [3.63, 3.8) is 0 Å². The maximum atomic E-state index is 12.7. The van der Waals surface area contributed by atoms with Gasteiger partial charge in [0.25, 0.3) is 11.6 Å². The Morgan fingerprint density at radius 1 is 0.900 bits per heavy atom. The highest BCUT2D eigenvalue weighted by Crippen LogP contribution is 2.23. The molecule has 0 bridgehead atoms. The Hall–Kier alpha value is -3.23. The minimum atomic E-state index is -0.463. The molecule has 1 aromatic carbocycles. The number of nitrogens with zero attached hydrogens (tertiary/aromatic N) is 6. The third kappa shape index (κ3) is 4.34. The first kappa shape index (κ1) is 20.1. The van der Waals surface area contributed by atoms with Crippen LogP contribution in [0, 0.1) is 17.0 Å². The second kappa shape index (κ2) is 8.64. The van der Waals surface area contributed by atoms with Gasteiger partial charge in [-0.3, -0.25) is 14.9 Å². The second-order valence-electron chi connectivity index (χ2n) is 7.76. The number of nitro groups is 1. The molecule has 158 valence electrons. The predicted octanol–water partition coefficient (Wildman–Crippen LogP) is 2.65. The molecule has 0 spiro atoms. The van der Waals surface area contributed by atoms with Crippen molar-refractivity contribution in [3.8, 4) is 0 Å². The number of piperidine rings is 1. The third-order valence-corrected chi connectivity index (χ3v) is 5.71. The van der Waals surface area contributed by atoms with Crippen LogP contribution in [-0.4, -0.2) is 65.0 Å². The summed E-state index contributed by atoms with van der Waals surface area (Å²) in [6.07, 6.45) is 3.67. The fourth-order valence-corrected chi connectivity index (χ4v) is 4.03. The number of carbonyl (C=O) groups is 1. The monoisotopic (exact) mass is 410 g/mol. The smallest absolute Gasteiger partial charge is 0.269 e. The Labute approximate surface area is 175 Å². The van der Waals surface area contributed by atoms with Crippen molar-refractivity contribution in [2.75, 3.05) is 49.1 Å². The first-order valence-electron chi connectivity index (χ1n) is 10.4. The molecule has 2 saturated heterocycles. The zero-order valence-electron chi connectivity index (χ0n) is 17.2. The molecular weight excluding hydrogens is 384 g/mol. The van der Waals surface area contributed by atoms with Gasteiger partial charge >= 0.3 is 0 Å². The summed E-state index contributed by atoms with van der Waals surface area (Å²) < 4.78 is 0. The normalized spacial score (nSPS) is 17.2. The summed E-state index contributed by atoms with van der Waals surface area (Å²) in [5, 5.41) is 10.8. The first-order valence-corrected chi connectivity index (χ1v) is 10.4. The molecule has 30 heavy (non-hydrogen) atoms. The lowest BCUT2D eigenvalue weighted by molar-refractivity contribution is -0.384. The fourth-order valence-electron chi connectivity index (χ4n) is 4.03. The van der Waals surface area contributed by atoms with Gasteiger partial charge in [0.15, 0.2) is 0 Å². The van der Waals surface area contributed by atoms with Gasteiger partial charge in [0.05, 0.1) is 4.92 Å². The Bertz CT molecular complexity index is 919. The Morgan fingerprint density at radius 2 is 1.47 bits per heavy atom. The van der Waals surface area contributed by atoms with Crippen LogP contribution in [0.1, 0.15) is 35.4 Å². The minimum Gasteiger partial charge on any atom is -0.356 e. The highest BCUT2D eigenvalue weighted by molar-refractivity contribution is 5.94. The summed E-state index contributed by atoms with van der Waals surface area (Å²) in [5.41, 5.74) is 0.458. The van der Waals surface area contributed by atoms with E-state index in [4.69, 9.17) is 0 Å². The number of piperazine rings is 1. The van der Waals surface area contributed by atoms with E-state index < -0.39 is 4.92 Å². The minimum absolute atomic E-state index is 0.0139. The Balaban J connectivity index is 1.41. The van der Waals surface area contributed by atoms with E-state index in [0.29, 0.717) is 31.7 Å². The van der Waals surface area contributed by atoms with E-state index in [2.05, 4.69) is 25.8 Å². The number of aryl methyl sites for hydroxylation is 1. The van der Waals surface area contributed by atoms with Crippen LogP contribution in [0.15, 0.2) is 30.3 Å². The molecule has 1 amide bonds. The van der Waals surface area contributed by atoms with Crippen molar-refractivity contribution in [1.82, 2.24) is 14.9 Å². The van der Waals surface area contributed by atoms with Crippen LogP contribution in [0.2, 0.25) is 0 Å². The van der Waals surface area contributed by atoms with E-state index in [1.807, 2.05) is 6.92 Å². The van der Waals surface area contributed by atoms with Gasteiger partial charge in [-0.05, 0) is 38.3 Å². The summed E-state index contributed by atoms with van der Waals surface area (Å²) in [6.45, 7) is 6.53. The number of benzene rings is 1. The number of nitro benzene ring substituents is 1. The fraction of sp³-hybridized carbons (Fsp3) is 0.476. The molecule has 0 N–H and O–H groups in total.